The minimum Gasteiger partial charge on any atom is -0.361 e. The van der Waals surface area contributed by atoms with Crippen LogP contribution in [-0.2, 0) is 33.9 Å². The molecule has 0 aliphatic carbocycles. The standard InChI is InChI=1S/C27H28N8O4S/c1-17-13-20(39-33-17)15-24(36)31-27-32-25-21(9-6-10-22(25)35(27)3)34(2)23-11-12-28-26(30-23)29-19-8-5-7-18(14-19)16-40(4,37)38/h5-14H,15-16H2,1-4H3,(H,28,29,30)(H,31,32,36). The van der Waals surface area contributed by atoms with Crippen LogP contribution in [0.2, 0.25) is 0 Å². The molecular formula is C27H28N8O4S. The van der Waals surface area contributed by atoms with Crippen LogP contribution >= 0.6 is 0 Å². The Morgan fingerprint density at radius 1 is 1.10 bits per heavy atom. The van der Waals surface area contributed by atoms with Gasteiger partial charge in [0.15, 0.2) is 9.84 Å². The Bertz CT molecular complexity index is 1810. The third-order valence-electron chi connectivity index (χ3n) is 6.11. The first-order chi connectivity index (χ1) is 19.1. The van der Waals surface area contributed by atoms with E-state index in [1.165, 1.54) is 6.26 Å². The topological polar surface area (TPSA) is 148 Å². The molecule has 0 bridgehead atoms. The van der Waals surface area contributed by atoms with Crippen molar-refractivity contribution in [1.82, 2.24) is 24.7 Å². The second-order valence-corrected chi connectivity index (χ2v) is 11.6. The van der Waals surface area contributed by atoms with E-state index >= 15 is 0 Å². The van der Waals surface area contributed by atoms with Crippen molar-refractivity contribution in [3.05, 3.63) is 77.8 Å². The van der Waals surface area contributed by atoms with Gasteiger partial charge in [0, 0.05) is 38.3 Å². The SMILES string of the molecule is Cc1cc(CC(=O)Nc2nc3c(N(C)c4ccnc(Nc5cccc(CS(C)(=O)=O)c5)n4)cccc3n2C)on1. The zero-order valence-corrected chi connectivity index (χ0v) is 23.2. The van der Waals surface area contributed by atoms with Gasteiger partial charge in [-0.25, -0.2) is 18.4 Å². The van der Waals surface area contributed by atoms with Gasteiger partial charge in [0.05, 0.1) is 29.1 Å². The van der Waals surface area contributed by atoms with Crippen LogP contribution < -0.4 is 15.5 Å². The van der Waals surface area contributed by atoms with Crippen LogP contribution in [0.25, 0.3) is 11.0 Å². The zero-order valence-electron chi connectivity index (χ0n) is 22.4. The van der Waals surface area contributed by atoms with Crippen molar-refractivity contribution in [2.24, 2.45) is 7.05 Å². The van der Waals surface area contributed by atoms with E-state index in [1.807, 2.05) is 47.8 Å². The van der Waals surface area contributed by atoms with E-state index in [0.29, 0.717) is 45.9 Å². The molecule has 0 aliphatic rings. The van der Waals surface area contributed by atoms with Gasteiger partial charge in [-0.3, -0.25) is 10.1 Å². The lowest BCUT2D eigenvalue weighted by molar-refractivity contribution is -0.115. The van der Waals surface area contributed by atoms with Crippen molar-refractivity contribution in [2.45, 2.75) is 19.1 Å². The molecule has 5 aromatic rings. The number of anilines is 5. The number of para-hydroxylation sites is 1. The molecular weight excluding hydrogens is 532 g/mol. The molecule has 3 aromatic heterocycles. The maximum atomic E-state index is 12.6. The summed E-state index contributed by atoms with van der Waals surface area (Å²) < 4.78 is 30.3. The lowest BCUT2D eigenvalue weighted by atomic mass is 10.2. The normalized spacial score (nSPS) is 11.5. The van der Waals surface area contributed by atoms with Gasteiger partial charge in [0.25, 0.3) is 0 Å². The maximum Gasteiger partial charge on any atom is 0.234 e. The Morgan fingerprint density at radius 2 is 1.90 bits per heavy atom. The summed E-state index contributed by atoms with van der Waals surface area (Å²) in [5.41, 5.74) is 4.33. The molecule has 0 unspecified atom stereocenters. The molecule has 5 rings (SSSR count). The van der Waals surface area contributed by atoms with Crippen molar-refractivity contribution in [1.29, 1.82) is 0 Å². The second kappa shape index (κ2) is 10.8. The number of nitrogens with zero attached hydrogens (tertiary/aromatic N) is 6. The number of aryl methyl sites for hydroxylation is 2. The summed E-state index contributed by atoms with van der Waals surface area (Å²) in [4.78, 5) is 28.2. The molecule has 0 aliphatic heterocycles. The molecule has 40 heavy (non-hydrogen) atoms. The van der Waals surface area contributed by atoms with Crippen molar-refractivity contribution < 1.29 is 17.7 Å². The summed E-state index contributed by atoms with van der Waals surface area (Å²) in [5, 5.41) is 9.82. The highest BCUT2D eigenvalue weighted by molar-refractivity contribution is 7.89. The monoisotopic (exact) mass is 560 g/mol. The van der Waals surface area contributed by atoms with Gasteiger partial charge < -0.3 is 19.3 Å². The highest BCUT2D eigenvalue weighted by atomic mass is 32.2. The Labute approximate surface area is 231 Å². The molecule has 0 radical (unpaired) electrons. The summed E-state index contributed by atoms with van der Waals surface area (Å²) >= 11 is 0. The quantitative estimate of drug-likeness (QED) is 0.272. The van der Waals surface area contributed by atoms with Crippen molar-refractivity contribution in [3.8, 4) is 0 Å². The van der Waals surface area contributed by atoms with Crippen LogP contribution in [0.1, 0.15) is 17.0 Å². The number of hydrogen-bond donors (Lipinski definition) is 2. The van der Waals surface area contributed by atoms with E-state index in [4.69, 9.17) is 9.51 Å². The minimum atomic E-state index is -3.16. The lowest BCUT2D eigenvalue weighted by Gasteiger charge is -2.19. The molecule has 0 saturated carbocycles. The number of rotatable bonds is 9. The number of sulfone groups is 1. The second-order valence-electron chi connectivity index (χ2n) is 9.49. The van der Waals surface area contributed by atoms with E-state index in [9.17, 15) is 13.2 Å². The van der Waals surface area contributed by atoms with Crippen LogP contribution in [0.5, 0.6) is 0 Å². The van der Waals surface area contributed by atoms with Gasteiger partial charge in [-0.2, -0.15) is 4.98 Å². The molecule has 12 nitrogen and oxygen atoms in total. The zero-order chi connectivity index (χ0) is 28.4. The van der Waals surface area contributed by atoms with Crippen LogP contribution in [0.3, 0.4) is 0 Å². The number of carbonyl (C=O) groups is 1. The Balaban J connectivity index is 1.37. The average Bonchev–Trinajstić information content (AvgIpc) is 3.44. The van der Waals surface area contributed by atoms with E-state index in [-0.39, 0.29) is 18.1 Å². The van der Waals surface area contributed by atoms with Gasteiger partial charge >= 0.3 is 0 Å². The number of amides is 1. The summed E-state index contributed by atoms with van der Waals surface area (Å²) in [5.74, 6) is 1.51. The number of hydrogen-bond acceptors (Lipinski definition) is 10. The first kappa shape index (κ1) is 26.8. The van der Waals surface area contributed by atoms with Gasteiger partial charge in [-0.05, 0) is 42.8 Å². The predicted octanol–water partition coefficient (Wildman–Crippen LogP) is 3.90. The highest BCUT2D eigenvalue weighted by Gasteiger charge is 2.18. The fourth-order valence-corrected chi connectivity index (χ4v) is 5.08. The molecule has 0 atom stereocenters. The van der Waals surface area contributed by atoms with Gasteiger partial charge in [0.1, 0.15) is 17.1 Å². The molecule has 0 spiro atoms. The van der Waals surface area contributed by atoms with Gasteiger partial charge in [0.2, 0.25) is 17.8 Å². The molecule has 13 heteroatoms. The Hall–Kier alpha value is -4.78. The van der Waals surface area contributed by atoms with Crippen LogP contribution in [-0.4, -0.2) is 52.3 Å². The van der Waals surface area contributed by atoms with Crippen molar-refractivity contribution in [3.63, 3.8) is 0 Å². The van der Waals surface area contributed by atoms with Crippen LogP contribution in [0.15, 0.2) is 65.3 Å². The van der Waals surface area contributed by atoms with E-state index in [1.54, 1.807) is 43.5 Å². The first-order valence-electron chi connectivity index (χ1n) is 12.3. The third kappa shape index (κ3) is 6.10. The highest BCUT2D eigenvalue weighted by Crippen LogP contribution is 2.31. The van der Waals surface area contributed by atoms with Crippen molar-refractivity contribution in [2.75, 3.05) is 28.8 Å². The van der Waals surface area contributed by atoms with Crippen molar-refractivity contribution >= 4 is 55.9 Å². The fourth-order valence-electron chi connectivity index (χ4n) is 4.30. The summed E-state index contributed by atoms with van der Waals surface area (Å²) in [7, 11) is 0.541. The van der Waals surface area contributed by atoms with E-state index in [2.05, 4.69) is 25.8 Å². The number of carbonyl (C=O) groups excluding carboxylic acids is 1. The smallest absolute Gasteiger partial charge is 0.234 e. The van der Waals surface area contributed by atoms with Crippen LogP contribution in [0.4, 0.5) is 29.1 Å². The number of imidazole rings is 1. The van der Waals surface area contributed by atoms with Crippen LogP contribution in [0, 0.1) is 6.92 Å². The lowest BCUT2D eigenvalue weighted by Crippen LogP contribution is -2.16. The number of aromatic nitrogens is 5. The third-order valence-corrected chi connectivity index (χ3v) is 6.97. The van der Waals surface area contributed by atoms with Gasteiger partial charge in [-0.15, -0.1) is 0 Å². The molecule has 3 heterocycles. The summed E-state index contributed by atoms with van der Waals surface area (Å²) in [6, 6.07) is 16.4. The van der Waals surface area contributed by atoms with E-state index in [0.717, 1.165) is 11.2 Å². The summed E-state index contributed by atoms with van der Waals surface area (Å²) in [6.07, 6.45) is 2.88. The number of benzene rings is 2. The predicted molar refractivity (Wildman–Crippen MR) is 153 cm³/mol. The van der Waals surface area contributed by atoms with Gasteiger partial charge in [-0.1, -0.05) is 23.4 Å². The molecule has 206 valence electrons. The largest absolute Gasteiger partial charge is 0.361 e. The molecule has 0 fully saturated rings. The molecule has 2 N–H and O–H groups in total. The maximum absolute atomic E-state index is 12.6. The number of nitrogens with one attached hydrogen (secondary N) is 2. The molecule has 2 aromatic carbocycles. The number of fused-ring (bicyclic) bond motifs is 1. The summed E-state index contributed by atoms with van der Waals surface area (Å²) in [6.45, 7) is 1.80. The Morgan fingerprint density at radius 3 is 2.65 bits per heavy atom. The molecule has 1 amide bonds. The minimum absolute atomic E-state index is 0.0463. The first-order valence-corrected chi connectivity index (χ1v) is 14.4. The van der Waals surface area contributed by atoms with E-state index < -0.39 is 9.84 Å². The average molecular weight is 561 g/mol. The molecule has 0 saturated heterocycles. The fraction of sp³-hybridized carbons (Fsp3) is 0.222. The Kier molecular flexibility index (Phi) is 7.22.